The Bertz CT molecular complexity index is 394. The van der Waals surface area contributed by atoms with Gasteiger partial charge >= 0.3 is 0 Å². The average molecular weight is 231 g/mol. The Labute approximate surface area is 105 Å². The van der Waals surface area contributed by atoms with Crippen molar-refractivity contribution in [2.24, 2.45) is 11.1 Å². The predicted octanol–water partition coefficient (Wildman–Crippen LogP) is 4.00. The van der Waals surface area contributed by atoms with Gasteiger partial charge in [0.05, 0.1) is 0 Å². The Hall–Kier alpha value is -0.820. The van der Waals surface area contributed by atoms with E-state index in [1.165, 1.54) is 30.4 Å². The lowest BCUT2D eigenvalue weighted by Crippen LogP contribution is -2.45. The molecule has 0 radical (unpaired) electrons. The summed E-state index contributed by atoms with van der Waals surface area (Å²) in [5.41, 5.74) is 9.58. The van der Waals surface area contributed by atoms with Crippen LogP contribution in [0.1, 0.15) is 57.6 Å². The fraction of sp³-hybridized carbons (Fsp3) is 0.625. The van der Waals surface area contributed by atoms with Gasteiger partial charge in [0.15, 0.2) is 0 Å². The first kappa shape index (κ1) is 12.6. The van der Waals surface area contributed by atoms with Gasteiger partial charge in [-0.3, -0.25) is 0 Å². The molecule has 0 aliphatic heterocycles. The lowest BCUT2D eigenvalue weighted by atomic mass is 9.71. The molecule has 0 bridgehead atoms. The maximum absolute atomic E-state index is 6.72. The van der Waals surface area contributed by atoms with Crippen LogP contribution in [0.2, 0.25) is 0 Å². The average Bonchev–Trinajstić information content (AvgIpc) is 2.56. The molecule has 2 rings (SSSR count). The minimum Gasteiger partial charge on any atom is -0.321 e. The van der Waals surface area contributed by atoms with Crippen LogP contribution in [0.25, 0.3) is 0 Å². The molecule has 0 saturated heterocycles. The zero-order valence-corrected chi connectivity index (χ0v) is 11.4. The molecule has 0 spiro atoms. The van der Waals surface area contributed by atoms with Crippen LogP contribution < -0.4 is 5.73 Å². The van der Waals surface area contributed by atoms with Crippen LogP contribution in [-0.2, 0) is 12.0 Å². The van der Waals surface area contributed by atoms with Gasteiger partial charge in [0.1, 0.15) is 0 Å². The van der Waals surface area contributed by atoms with Crippen LogP contribution >= 0.6 is 0 Å². The number of hydrogen-bond acceptors (Lipinski definition) is 1. The summed E-state index contributed by atoms with van der Waals surface area (Å²) in [6, 6.07) is 8.93. The summed E-state index contributed by atoms with van der Waals surface area (Å²) in [5, 5.41) is 0. The first-order chi connectivity index (χ1) is 7.99. The second-order valence-corrected chi connectivity index (χ2v) is 6.16. The van der Waals surface area contributed by atoms with Crippen molar-refractivity contribution in [3.63, 3.8) is 0 Å². The molecular weight excluding hydrogens is 206 g/mol. The minimum atomic E-state index is -0.128. The van der Waals surface area contributed by atoms with Crippen molar-refractivity contribution >= 4 is 0 Å². The quantitative estimate of drug-likeness (QED) is 0.836. The second-order valence-electron chi connectivity index (χ2n) is 6.16. The van der Waals surface area contributed by atoms with Gasteiger partial charge in [-0.2, -0.15) is 0 Å². The van der Waals surface area contributed by atoms with Gasteiger partial charge in [0.2, 0.25) is 0 Å². The molecule has 94 valence electrons. The maximum Gasteiger partial charge on any atom is 0.0461 e. The number of rotatable bonds is 3. The highest BCUT2D eigenvalue weighted by Crippen LogP contribution is 2.50. The molecule has 1 aliphatic rings. The smallest absolute Gasteiger partial charge is 0.0461 e. The van der Waals surface area contributed by atoms with Gasteiger partial charge in [-0.1, -0.05) is 57.9 Å². The standard InChI is InChI=1S/C16H25N/c1-4-7-13-8-5-9-14(12-13)16(17)11-6-10-15(16,2)3/h5,8-9,12H,4,6-7,10-11,17H2,1-3H3. The zero-order chi connectivity index (χ0) is 12.5. The summed E-state index contributed by atoms with van der Waals surface area (Å²) in [5.74, 6) is 0. The summed E-state index contributed by atoms with van der Waals surface area (Å²) in [4.78, 5) is 0. The molecule has 1 nitrogen and oxygen atoms in total. The molecule has 1 fully saturated rings. The van der Waals surface area contributed by atoms with E-state index in [4.69, 9.17) is 5.73 Å². The van der Waals surface area contributed by atoms with Crippen molar-refractivity contribution in [1.29, 1.82) is 0 Å². The summed E-state index contributed by atoms with van der Waals surface area (Å²) < 4.78 is 0. The molecule has 1 aromatic carbocycles. The van der Waals surface area contributed by atoms with Gasteiger partial charge < -0.3 is 5.73 Å². The monoisotopic (exact) mass is 231 g/mol. The summed E-state index contributed by atoms with van der Waals surface area (Å²) in [7, 11) is 0. The minimum absolute atomic E-state index is 0.128. The third-order valence-corrected chi connectivity index (χ3v) is 4.56. The Balaban J connectivity index is 2.36. The van der Waals surface area contributed by atoms with E-state index in [2.05, 4.69) is 45.0 Å². The van der Waals surface area contributed by atoms with Crippen molar-refractivity contribution in [3.8, 4) is 0 Å². The topological polar surface area (TPSA) is 26.0 Å². The highest BCUT2D eigenvalue weighted by molar-refractivity contribution is 5.32. The van der Waals surface area contributed by atoms with E-state index >= 15 is 0 Å². The lowest BCUT2D eigenvalue weighted by Gasteiger charge is -2.39. The third-order valence-electron chi connectivity index (χ3n) is 4.56. The Morgan fingerprint density at radius 1 is 1.24 bits per heavy atom. The van der Waals surface area contributed by atoms with Gasteiger partial charge in [-0.15, -0.1) is 0 Å². The first-order valence-corrected chi connectivity index (χ1v) is 6.88. The molecule has 1 heteroatoms. The van der Waals surface area contributed by atoms with Crippen LogP contribution in [0.4, 0.5) is 0 Å². The van der Waals surface area contributed by atoms with Crippen LogP contribution in [-0.4, -0.2) is 0 Å². The lowest BCUT2D eigenvalue weighted by molar-refractivity contribution is 0.210. The highest BCUT2D eigenvalue weighted by Gasteiger charge is 2.46. The second kappa shape index (κ2) is 4.45. The molecule has 1 aromatic rings. The van der Waals surface area contributed by atoms with Crippen LogP contribution in [0.3, 0.4) is 0 Å². The molecule has 1 aliphatic carbocycles. The molecule has 0 aromatic heterocycles. The maximum atomic E-state index is 6.72. The van der Waals surface area contributed by atoms with Crippen molar-refractivity contribution in [2.75, 3.05) is 0 Å². The number of benzene rings is 1. The van der Waals surface area contributed by atoms with Crippen molar-refractivity contribution in [3.05, 3.63) is 35.4 Å². The number of nitrogens with two attached hydrogens (primary N) is 1. The van der Waals surface area contributed by atoms with Crippen molar-refractivity contribution in [1.82, 2.24) is 0 Å². The Kier molecular flexibility index (Phi) is 3.31. The van der Waals surface area contributed by atoms with E-state index < -0.39 is 0 Å². The molecular formula is C16H25N. The summed E-state index contributed by atoms with van der Waals surface area (Å²) >= 11 is 0. The van der Waals surface area contributed by atoms with Gasteiger partial charge in [0, 0.05) is 5.54 Å². The highest BCUT2D eigenvalue weighted by atomic mass is 14.8. The van der Waals surface area contributed by atoms with Crippen LogP contribution in [0.15, 0.2) is 24.3 Å². The number of hydrogen-bond donors (Lipinski definition) is 1. The number of aryl methyl sites for hydroxylation is 1. The molecule has 1 saturated carbocycles. The molecule has 0 heterocycles. The van der Waals surface area contributed by atoms with E-state index in [-0.39, 0.29) is 11.0 Å². The first-order valence-electron chi connectivity index (χ1n) is 6.88. The van der Waals surface area contributed by atoms with E-state index in [1.807, 2.05) is 0 Å². The fourth-order valence-electron chi connectivity index (χ4n) is 3.20. The van der Waals surface area contributed by atoms with E-state index in [0.717, 1.165) is 12.8 Å². The van der Waals surface area contributed by atoms with Crippen molar-refractivity contribution < 1.29 is 0 Å². The summed E-state index contributed by atoms with van der Waals surface area (Å²) in [6.07, 6.45) is 5.97. The van der Waals surface area contributed by atoms with Crippen LogP contribution in [0.5, 0.6) is 0 Å². The SMILES string of the molecule is CCCc1cccc(C2(N)CCCC2(C)C)c1. The Morgan fingerprint density at radius 3 is 2.59 bits per heavy atom. The zero-order valence-electron chi connectivity index (χ0n) is 11.4. The molecule has 1 atom stereocenters. The summed E-state index contributed by atoms with van der Waals surface area (Å²) in [6.45, 7) is 6.85. The van der Waals surface area contributed by atoms with E-state index in [0.29, 0.717) is 0 Å². The van der Waals surface area contributed by atoms with Crippen molar-refractivity contribution in [2.45, 2.75) is 58.4 Å². The van der Waals surface area contributed by atoms with Crippen LogP contribution in [0, 0.1) is 5.41 Å². The normalized spacial score (nSPS) is 27.3. The van der Waals surface area contributed by atoms with E-state index in [9.17, 15) is 0 Å². The van der Waals surface area contributed by atoms with E-state index in [1.54, 1.807) is 0 Å². The predicted molar refractivity (Wildman–Crippen MR) is 73.9 cm³/mol. The van der Waals surface area contributed by atoms with Gasteiger partial charge in [-0.05, 0) is 35.8 Å². The molecule has 17 heavy (non-hydrogen) atoms. The fourth-order valence-corrected chi connectivity index (χ4v) is 3.20. The molecule has 1 unspecified atom stereocenters. The third kappa shape index (κ3) is 2.13. The Morgan fingerprint density at radius 2 is 2.00 bits per heavy atom. The van der Waals surface area contributed by atoms with Gasteiger partial charge in [0.25, 0.3) is 0 Å². The molecule has 2 N–H and O–H groups in total. The largest absolute Gasteiger partial charge is 0.321 e. The molecule has 0 amide bonds. The van der Waals surface area contributed by atoms with Gasteiger partial charge in [-0.25, -0.2) is 0 Å².